The SMILES string of the molecule is CCC/C=C1\OC(=O)C2=C1C(O)C(OC1OC(CO)C(O)C(O)C1O)CC2. The molecule has 2 heterocycles. The maximum Gasteiger partial charge on any atom is 0.339 e. The fourth-order valence-electron chi connectivity index (χ4n) is 3.59. The fraction of sp³-hybridized carbons (Fsp3) is 0.722. The first-order valence-corrected chi connectivity index (χ1v) is 9.18. The molecular formula is C18H26O9. The quantitative estimate of drug-likeness (QED) is 0.370. The zero-order valence-electron chi connectivity index (χ0n) is 15.0. The van der Waals surface area contributed by atoms with E-state index in [1.54, 1.807) is 6.08 Å². The van der Waals surface area contributed by atoms with Crippen molar-refractivity contribution < 1.29 is 44.5 Å². The summed E-state index contributed by atoms with van der Waals surface area (Å²) in [7, 11) is 0. The summed E-state index contributed by atoms with van der Waals surface area (Å²) in [5.74, 6) is -0.149. The molecule has 0 radical (unpaired) electrons. The zero-order valence-corrected chi connectivity index (χ0v) is 15.0. The average molecular weight is 386 g/mol. The number of allylic oxidation sites excluding steroid dienone is 1. The van der Waals surface area contributed by atoms with Gasteiger partial charge in [-0.1, -0.05) is 13.3 Å². The van der Waals surface area contributed by atoms with Crippen molar-refractivity contribution >= 4 is 5.97 Å². The number of carbonyl (C=O) groups excluding carboxylic acids is 1. The van der Waals surface area contributed by atoms with Crippen molar-refractivity contribution in [3.63, 3.8) is 0 Å². The van der Waals surface area contributed by atoms with Gasteiger partial charge < -0.3 is 39.7 Å². The molecule has 1 saturated heterocycles. The second-order valence-corrected chi connectivity index (χ2v) is 6.99. The van der Waals surface area contributed by atoms with Crippen LogP contribution < -0.4 is 0 Å². The van der Waals surface area contributed by atoms with Crippen LogP contribution in [0.5, 0.6) is 0 Å². The van der Waals surface area contributed by atoms with Crippen LogP contribution in [0.15, 0.2) is 23.0 Å². The van der Waals surface area contributed by atoms with Crippen molar-refractivity contribution in [1.82, 2.24) is 0 Å². The first kappa shape index (κ1) is 20.4. The minimum Gasteiger partial charge on any atom is -0.423 e. The number of cyclic esters (lactones) is 1. The van der Waals surface area contributed by atoms with Gasteiger partial charge in [0.05, 0.1) is 12.7 Å². The maximum atomic E-state index is 12.0. The molecule has 0 bridgehead atoms. The van der Waals surface area contributed by atoms with E-state index in [1.165, 1.54) is 0 Å². The number of hydrogen-bond donors (Lipinski definition) is 5. The lowest BCUT2D eigenvalue weighted by Crippen LogP contribution is -2.60. The van der Waals surface area contributed by atoms with Gasteiger partial charge in [0, 0.05) is 11.1 Å². The molecule has 3 rings (SSSR count). The number of aliphatic hydroxyl groups excluding tert-OH is 5. The van der Waals surface area contributed by atoms with E-state index in [-0.39, 0.29) is 6.42 Å². The van der Waals surface area contributed by atoms with Gasteiger partial charge in [-0.3, -0.25) is 0 Å². The van der Waals surface area contributed by atoms with Gasteiger partial charge in [-0.2, -0.15) is 0 Å². The molecule has 5 N–H and O–H groups in total. The Morgan fingerprint density at radius 2 is 1.93 bits per heavy atom. The summed E-state index contributed by atoms with van der Waals surface area (Å²) in [5, 5.41) is 49.8. The van der Waals surface area contributed by atoms with Crippen molar-refractivity contribution in [2.45, 2.75) is 75.5 Å². The highest BCUT2D eigenvalue weighted by Crippen LogP contribution is 2.39. The lowest BCUT2D eigenvalue weighted by Gasteiger charge is -2.42. The average Bonchev–Trinajstić information content (AvgIpc) is 2.98. The predicted molar refractivity (Wildman–Crippen MR) is 90.0 cm³/mol. The summed E-state index contributed by atoms with van der Waals surface area (Å²) in [4.78, 5) is 12.0. The number of hydrogen-bond acceptors (Lipinski definition) is 9. The summed E-state index contributed by atoms with van der Waals surface area (Å²) in [6, 6.07) is 0. The lowest BCUT2D eigenvalue weighted by molar-refractivity contribution is -0.316. The maximum absolute atomic E-state index is 12.0. The molecule has 7 atom stereocenters. The van der Waals surface area contributed by atoms with Gasteiger partial charge in [-0.15, -0.1) is 0 Å². The Morgan fingerprint density at radius 3 is 2.59 bits per heavy atom. The van der Waals surface area contributed by atoms with Crippen molar-refractivity contribution in [2.24, 2.45) is 0 Å². The standard InChI is InChI=1S/C18H26O9/c1-2-3-4-9-12-8(17(24)25-9)5-6-10(13(12)20)26-18-16(23)15(22)14(21)11(7-19)27-18/h4,10-11,13-16,18-23H,2-3,5-7H2,1H3/b9-4-. The van der Waals surface area contributed by atoms with Crippen molar-refractivity contribution in [2.75, 3.05) is 6.61 Å². The van der Waals surface area contributed by atoms with Crippen LogP contribution >= 0.6 is 0 Å². The van der Waals surface area contributed by atoms with Crippen LogP contribution in [-0.2, 0) is 19.0 Å². The molecule has 27 heavy (non-hydrogen) atoms. The lowest BCUT2D eigenvalue weighted by atomic mass is 9.87. The van der Waals surface area contributed by atoms with Crippen LogP contribution in [0.4, 0.5) is 0 Å². The number of aliphatic hydroxyl groups is 5. The predicted octanol–water partition coefficient (Wildman–Crippen LogP) is -1.14. The molecule has 152 valence electrons. The minimum atomic E-state index is -1.56. The number of rotatable bonds is 5. The van der Waals surface area contributed by atoms with Crippen LogP contribution in [-0.4, -0.2) is 81.0 Å². The molecule has 0 aromatic heterocycles. The Hall–Kier alpha value is -1.33. The third kappa shape index (κ3) is 3.81. The van der Waals surface area contributed by atoms with Gasteiger partial charge in [0.25, 0.3) is 0 Å². The molecule has 1 aliphatic carbocycles. The molecule has 0 aromatic rings. The molecule has 2 aliphatic heterocycles. The van der Waals surface area contributed by atoms with Crippen molar-refractivity contribution in [3.8, 4) is 0 Å². The smallest absolute Gasteiger partial charge is 0.339 e. The van der Waals surface area contributed by atoms with Gasteiger partial charge in [-0.05, 0) is 25.3 Å². The Morgan fingerprint density at radius 1 is 1.19 bits per heavy atom. The van der Waals surface area contributed by atoms with E-state index in [2.05, 4.69) is 0 Å². The van der Waals surface area contributed by atoms with E-state index in [0.29, 0.717) is 29.7 Å². The van der Waals surface area contributed by atoms with Gasteiger partial charge in [0.2, 0.25) is 0 Å². The van der Waals surface area contributed by atoms with Gasteiger partial charge in [-0.25, -0.2) is 4.79 Å². The Bertz CT molecular complexity index is 626. The number of esters is 1. The molecule has 0 amide bonds. The van der Waals surface area contributed by atoms with Crippen LogP contribution in [0.2, 0.25) is 0 Å². The highest BCUT2D eigenvalue weighted by Gasteiger charge is 2.47. The van der Waals surface area contributed by atoms with Gasteiger partial charge in [0.1, 0.15) is 36.3 Å². The van der Waals surface area contributed by atoms with Crippen LogP contribution in [0.3, 0.4) is 0 Å². The van der Waals surface area contributed by atoms with Gasteiger partial charge >= 0.3 is 5.97 Å². The Balaban J connectivity index is 1.75. The van der Waals surface area contributed by atoms with Crippen molar-refractivity contribution in [1.29, 1.82) is 0 Å². The monoisotopic (exact) mass is 386 g/mol. The highest BCUT2D eigenvalue weighted by molar-refractivity contribution is 5.95. The molecule has 9 nitrogen and oxygen atoms in total. The van der Waals surface area contributed by atoms with Crippen LogP contribution in [0, 0.1) is 0 Å². The highest BCUT2D eigenvalue weighted by atomic mass is 16.7. The number of unbranched alkanes of at least 4 members (excludes halogenated alkanes) is 1. The summed E-state index contributed by atoms with van der Waals surface area (Å²) < 4.78 is 16.3. The van der Waals surface area contributed by atoms with Crippen LogP contribution in [0.25, 0.3) is 0 Å². The van der Waals surface area contributed by atoms with Crippen molar-refractivity contribution in [3.05, 3.63) is 23.0 Å². The molecule has 3 aliphatic rings. The molecule has 1 fully saturated rings. The largest absolute Gasteiger partial charge is 0.423 e. The normalized spacial score (nSPS) is 41.0. The van der Waals surface area contributed by atoms with E-state index in [9.17, 15) is 30.3 Å². The van der Waals surface area contributed by atoms with Crippen LogP contribution in [0.1, 0.15) is 32.6 Å². The first-order chi connectivity index (χ1) is 12.9. The number of carbonyl (C=O) groups is 1. The van der Waals surface area contributed by atoms with E-state index in [0.717, 1.165) is 6.42 Å². The second-order valence-electron chi connectivity index (χ2n) is 6.99. The van der Waals surface area contributed by atoms with E-state index >= 15 is 0 Å². The summed E-state index contributed by atoms with van der Waals surface area (Å²) in [6.45, 7) is 1.41. The molecule has 0 saturated carbocycles. The Labute approximate surface area is 156 Å². The summed E-state index contributed by atoms with van der Waals surface area (Å²) in [5.41, 5.74) is 0.799. The minimum absolute atomic E-state index is 0.283. The van der Waals surface area contributed by atoms with E-state index in [4.69, 9.17) is 14.2 Å². The third-order valence-electron chi connectivity index (χ3n) is 5.14. The number of ether oxygens (including phenoxy) is 3. The molecular weight excluding hydrogens is 360 g/mol. The Kier molecular flexibility index (Phi) is 6.32. The van der Waals surface area contributed by atoms with Gasteiger partial charge in [0.15, 0.2) is 6.29 Å². The summed E-state index contributed by atoms with van der Waals surface area (Å²) in [6.07, 6.45) is -5.13. The zero-order chi connectivity index (χ0) is 19.7. The topological polar surface area (TPSA) is 146 Å². The fourth-order valence-corrected chi connectivity index (χ4v) is 3.59. The third-order valence-corrected chi connectivity index (χ3v) is 5.14. The molecule has 7 unspecified atom stereocenters. The molecule has 0 aromatic carbocycles. The second kappa shape index (κ2) is 8.36. The molecule has 0 spiro atoms. The summed E-state index contributed by atoms with van der Waals surface area (Å²) >= 11 is 0. The van der Waals surface area contributed by atoms with E-state index < -0.39 is 55.5 Å². The molecule has 9 heteroatoms. The van der Waals surface area contributed by atoms with E-state index in [1.807, 2.05) is 6.92 Å². The first-order valence-electron chi connectivity index (χ1n) is 9.18.